The highest BCUT2D eigenvalue weighted by atomic mass is 35.5. The van der Waals surface area contributed by atoms with Gasteiger partial charge in [0.25, 0.3) is 0 Å². The standard InChI is InChI=1S/C15H17ClO3/c1-9-5-6-19-15(9)14(16)11-8-13(18-4)12(17-3)7-10(11)2/h5-8,14H,1-4H3. The van der Waals surface area contributed by atoms with Crippen LogP contribution >= 0.6 is 11.6 Å². The van der Waals surface area contributed by atoms with Crippen molar-refractivity contribution in [3.05, 3.63) is 46.9 Å². The van der Waals surface area contributed by atoms with Crippen LogP contribution < -0.4 is 9.47 Å². The largest absolute Gasteiger partial charge is 0.493 e. The van der Waals surface area contributed by atoms with Gasteiger partial charge in [0.1, 0.15) is 11.1 Å². The quantitative estimate of drug-likeness (QED) is 0.785. The van der Waals surface area contributed by atoms with Gasteiger partial charge in [0, 0.05) is 0 Å². The highest BCUT2D eigenvalue weighted by Crippen LogP contribution is 2.38. The fraction of sp³-hybridized carbons (Fsp3) is 0.333. The maximum atomic E-state index is 6.52. The van der Waals surface area contributed by atoms with Crippen LogP contribution in [0.15, 0.2) is 28.9 Å². The lowest BCUT2D eigenvalue weighted by Gasteiger charge is -2.15. The van der Waals surface area contributed by atoms with Crippen molar-refractivity contribution >= 4 is 11.6 Å². The van der Waals surface area contributed by atoms with Crippen molar-refractivity contribution in [3.8, 4) is 11.5 Å². The summed E-state index contributed by atoms with van der Waals surface area (Å²) in [7, 11) is 3.23. The molecule has 0 amide bonds. The number of benzene rings is 1. The molecule has 0 radical (unpaired) electrons. The third-order valence-electron chi connectivity index (χ3n) is 3.18. The molecule has 0 aliphatic rings. The van der Waals surface area contributed by atoms with E-state index >= 15 is 0 Å². The Labute approximate surface area is 118 Å². The molecule has 3 nitrogen and oxygen atoms in total. The molecule has 0 spiro atoms. The lowest BCUT2D eigenvalue weighted by atomic mass is 10.0. The summed E-state index contributed by atoms with van der Waals surface area (Å²) < 4.78 is 16.1. The van der Waals surface area contributed by atoms with Crippen molar-refractivity contribution in [2.24, 2.45) is 0 Å². The monoisotopic (exact) mass is 280 g/mol. The molecule has 0 aliphatic carbocycles. The summed E-state index contributed by atoms with van der Waals surface area (Å²) in [6.07, 6.45) is 1.65. The molecular formula is C15H17ClO3. The summed E-state index contributed by atoms with van der Waals surface area (Å²) in [6, 6.07) is 5.72. The smallest absolute Gasteiger partial charge is 0.161 e. The van der Waals surface area contributed by atoms with Gasteiger partial charge in [0.2, 0.25) is 0 Å². The van der Waals surface area contributed by atoms with Crippen molar-refractivity contribution in [1.82, 2.24) is 0 Å². The number of halogens is 1. The maximum absolute atomic E-state index is 6.52. The number of aryl methyl sites for hydroxylation is 2. The Morgan fingerprint density at radius 3 is 2.21 bits per heavy atom. The van der Waals surface area contributed by atoms with Crippen LogP contribution in [0.25, 0.3) is 0 Å². The van der Waals surface area contributed by atoms with Gasteiger partial charge >= 0.3 is 0 Å². The molecular weight excluding hydrogens is 264 g/mol. The van der Waals surface area contributed by atoms with Crippen LogP contribution in [0.1, 0.15) is 27.8 Å². The van der Waals surface area contributed by atoms with Gasteiger partial charge in [0.05, 0.1) is 20.5 Å². The van der Waals surface area contributed by atoms with Gasteiger partial charge in [-0.05, 0) is 48.7 Å². The lowest BCUT2D eigenvalue weighted by molar-refractivity contribution is 0.354. The van der Waals surface area contributed by atoms with Crippen molar-refractivity contribution in [3.63, 3.8) is 0 Å². The Bertz CT molecular complexity index is 575. The predicted molar refractivity (Wildman–Crippen MR) is 75.4 cm³/mol. The van der Waals surface area contributed by atoms with E-state index in [0.717, 1.165) is 22.5 Å². The third-order valence-corrected chi connectivity index (χ3v) is 3.61. The van der Waals surface area contributed by atoms with Gasteiger partial charge in [-0.3, -0.25) is 0 Å². The summed E-state index contributed by atoms with van der Waals surface area (Å²) in [5.41, 5.74) is 3.03. The molecule has 0 saturated heterocycles. The van der Waals surface area contributed by atoms with Gasteiger partial charge in [-0.15, -0.1) is 11.6 Å². The predicted octanol–water partition coefficient (Wildman–Crippen LogP) is 4.24. The van der Waals surface area contributed by atoms with Crippen molar-refractivity contribution in [1.29, 1.82) is 0 Å². The summed E-state index contributed by atoms with van der Waals surface area (Å²) in [6.45, 7) is 3.97. The Balaban J connectivity index is 2.48. The Hall–Kier alpha value is -1.61. The molecule has 2 aromatic rings. The molecule has 0 fully saturated rings. The molecule has 0 N–H and O–H groups in total. The summed E-state index contributed by atoms with van der Waals surface area (Å²) in [5.74, 6) is 2.12. The zero-order chi connectivity index (χ0) is 14.0. The molecule has 4 heteroatoms. The van der Waals surface area contributed by atoms with Crippen LogP contribution in [0, 0.1) is 13.8 Å². The fourth-order valence-electron chi connectivity index (χ4n) is 2.05. The molecule has 1 atom stereocenters. The molecule has 1 unspecified atom stereocenters. The van der Waals surface area contributed by atoms with E-state index in [4.69, 9.17) is 25.5 Å². The molecule has 1 heterocycles. The number of methoxy groups -OCH3 is 2. The SMILES string of the molecule is COc1cc(C)c(C(Cl)c2occc2C)cc1OC. The maximum Gasteiger partial charge on any atom is 0.161 e. The van der Waals surface area contributed by atoms with Crippen molar-refractivity contribution < 1.29 is 13.9 Å². The normalized spacial score (nSPS) is 12.3. The summed E-state index contributed by atoms with van der Waals surface area (Å²) >= 11 is 6.52. The van der Waals surface area contributed by atoms with Gasteiger partial charge in [-0.25, -0.2) is 0 Å². The minimum absolute atomic E-state index is 0.338. The number of ether oxygens (including phenoxy) is 2. The van der Waals surface area contributed by atoms with E-state index in [2.05, 4.69) is 0 Å². The van der Waals surface area contributed by atoms with E-state index in [-0.39, 0.29) is 5.38 Å². The van der Waals surface area contributed by atoms with Gasteiger partial charge in [0.15, 0.2) is 11.5 Å². The van der Waals surface area contributed by atoms with E-state index in [1.807, 2.05) is 32.0 Å². The first kappa shape index (κ1) is 13.8. The first-order chi connectivity index (χ1) is 9.08. The van der Waals surface area contributed by atoms with Crippen LogP contribution in [0.5, 0.6) is 11.5 Å². The minimum Gasteiger partial charge on any atom is -0.493 e. The number of rotatable bonds is 4. The van der Waals surface area contributed by atoms with E-state index in [1.165, 1.54) is 0 Å². The van der Waals surface area contributed by atoms with Gasteiger partial charge < -0.3 is 13.9 Å². The highest BCUT2D eigenvalue weighted by Gasteiger charge is 2.20. The lowest BCUT2D eigenvalue weighted by Crippen LogP contribution is -2.00. The van der Waals surface area contributed by atoms with Crippen molar-refractivity contribution in [2.75, 3.05) is 14.2 Å². The molecule has 102 valence electrons. The van der Waals surface area contributed by atoms with Crippen LogP contribution in [0.4, 0.5) is 0 Å². The van der Waals surface area contributed by atoms with Gasteiger partial charge in [-0.1, -0.05) is 0 Å². The minimum atomic E-state index is -0.338. The average Bonchev–Trinajstić information content (AvgIpc) is 2.83. The number of hydrogen-bond donors (Lipinski definition) is 0. The Kier molecular flexibility index (Phi) is 4.05. The molecule has 1 aromatic heterocycles. The summed E-state index contributed by atoms with van der Waals surface area (Å²) in [5, 5.41) is -0.338. The second-order valence-electron chi connectivity index (χ2n) is 4.39. The second-order valence-corrected chi connectivity index (χ2v) is 4.83. The topological polar surface area (TPSA) is 31.6 Å². The molecule has 0 saturated carbocycles. The first-order valence-corrected chi connectivity index (χ1v) is 6.42. The van der Waals surface area contributed by atoms with Crippen LogP contribution in [0.3, 0.4) is 0 Å². The molecule has 2 rings (SSSR count). The van der Waals surface area contributed by atoms with Crippen LogP contribution in [-0.4, -0.2) is 14.2 Å². The Morgan fingerprint density at radius 1 is 1.05 bits per heavy atom. The molecule has 19 heavy (non-hydrogen) atoms. The summed E-state index contributed by atoms with van der Waals surface area (Å²) in [4.78, 5) is 0. The zero-order valence-electron chi connectivity index (χ0n) is 11.5. The Morgan fingerprint density at radius 2 is 1.68 bits per heavy atom. The fourth-order valence-corrected chi connectivity index (χ4v) is 2.51. The molecule has 1 aromatic carbocycles. The van der Waals surface area contributed by atoms with Crippen molar-refractivity contribution in [2.45, 2.75) is 19.2 Å². The molecule has 0 aliphatic heterocycles. The number of hydrogen-bond acceptors (Lipinski definition) is 3. The average molecular weight is 281 g/mol. The molecule has 0 bridgehead atoms. The van der Waals surface area contributed by atoms with Crippen LogP contribution in [0.2, 0.25) is 0 Å². The van der Waals surface area contributed by atoms with E-state index in [1.54, 1.807) is 20.5 Å². The van der Waals surface area contributed by atoms with E-state index in [9.17, 15) is 0 Å². The van der Waals surface area contributed by atoms with E-state index in [0.29, 0.717) is 11.5 Å². The number of furan rings is 1. The van der Waals surface area contributed by atoms with E-state index < -0.39 is 0 Å². The highest BCUT2D eigenvalue weighted by molar-refractivity contribution is 6.22. The second kappa shape index (κ2) is 5.57. The zero-order valence-corrected chi connectivity index (χ0v) is 12.2. The van der Waals surface area contributed by atoms with Gasteiger partial charge in [-0.2, -0.15) is 0 Å². The first-order valence-electron chi connectivity index (χ1n) is 5.99. The number of alkyl halides is 1. The third kappa shape index (κ3) is 2.56. The van der Waals surface area contributed by atoms with Crippen LogP contribution in [-0.2, 0) is 0 Å².